The minimum absolute atomic E-state index is 0.103. The lowest BCUT2D eigenvalue weighted by atomic mass is 9.94. The zero-order valence-electron chi connectivity index (χ0n) is 17.6. The number of amides is 1. The third-order valence-electron chi connectivity index (χ3n) is 5.30. The van der Waals surface area contributed by atoms with Crippen LogP contribution in [0.1, 0.15) is 44.1 Å². The Kier molecular flexibility index (Phi) is 9.14. The summed E-state index contributed by atoms with van der Waals surface area (Å²) in [5, 5.41) is 2.95. The highest BCUT2D eigenvalue weighted by Gasteiger charge is 2.17. The lowest BCUT2D eigenvalue weighted by molar-refractivity contribution is -0.116. The first-order chi connectivity index (χ1) is 13.6. The topological polar surface area (TPSA) is 60.0 Å². The average Bonchev–Trinajstić information content (AvgIpc) is 2.74. The summed E-state index contributed by atoms with van der Waals surface area (Å²) < 4.78 is 16.0. The van der Waals surface area contributed by atoms with Crippen molar-refractivity contribution >= 4 is 12.0 Å². The van der Waals surface area contributed by atoms with E-state index < -0.39 is 0 Å². The maximum absolute atomic E-state index is 12.1. The third-order valence-corrected chi connectivity index (χ3v) is 5.30. The number of nitrogens with one attached hydrogen (secondary N) is 1. The van der Waals surface area contributed by atoms with Crippen molar-refractivity contribution in [3.8, 4) is 17.2 Å². The van der Waals surface area contributed by atoms with E-state index in [1.54, 1.807) is 27.4 Å². The van der Waals surface area contributed by atoms with Gasteiger partial charge in [0.05, 0.1) is 21.3 Å². The maximum atomic E-state index is 12.1. The van der Waals surface area contributed by atoms with Gasteiger partial charge in [-0.3, -0.25) is 4.79 Å². The molecule has 0 heterocycles. The molecule has 0 aromatic heterocycles. The predicted octanol–water partition coefficient (Wildman–Crippen LogP) is 3.50. The molecule has 0 atom stereocenters. The van der Waals surface area contributed by atoms with Gasteiger partial charge in [-0.2, -0.15) is 0 Å². The maximum Gasteiger partial charge on any atom is 0.243 e. The second kappa shape index (κ2) is 11.6. The van der Waals surface area contributed by atoms with Crippen molar-refractivity contribution in [1.82, 2.24) is 10.2 Å². The molecule has 1 saturated carbocycles. The minimum Gasteiger partial charge on any atom is -0.493 e. The molecule has 1 aliphatic carbocycles. The second-order valence-electron chi connectivity index (χ2n) is 7.21. The molecule has 156 valence electrons. The highest BCUT2D eigenvalue weighted by molar-refractivity contribution is 5.91. The van der Waals surface area contributed by atoms with Gasteiger partial charge in [-0.15, -0.1) is 0 Å². The van der Waals surface area contributed by atoms with E-state index in [2.05, 4.69) is 17.3 Å². The molecule has 0 aliphatic heterocycles. The molecule has 0 spiro atoms. The van der Waals surface area contributed by atoms with Crippen LogP contribution in [0.4, 0.5) is 0 Å². The number of carbonyl (C=O) groups excluding carboxylic acids is 1. The largest absolute Gasteiger partial charge is 0.493 e. The van der Waals surface area contributed by atoms with E-state index in [4.69, 9.17) is 14.2 Å². The fraction of sp³-hybridized carbons (Fsp3) is 0.591. The van der Waals surface area contributed by atoms with Crippen LogP contribution in [0.15, 0.2) is 18.2 Å². The zero-order valence-corrected chi connectivity index (χ0v) is 17.6. The van der Waals surface area contributed by atoms with E-state index in [1.807, 2.05) is 12.1 Å². The quantitative estimate of drug-likeness (QED) is 0.489. The molecule has 1 aromatic rings. The molecule has 28 heavy (non-hydrogen) atoms. The van der Waals surface area contributed by atoms with Gasteiger partial charge in [0.1, 0.15) is 0 Å². The molecule has 0 saturated heterocycles. The van der Waals surface area contributed by atoms with Crippen molar-refractivity contribution in [2.24, 2.45) is 0 Å². The summed E-state index contributed by atoms with van der Waals surface area (Å²) in [5.74, 6) is 1.56. The highest BCUT2D eigenvalue weighted by atomic mass is 16.5. The van der Waals surface area contributed by atoms with E-state index in [0.29, 0.717) is 29.8 Å². The van der Waals surface area contributed by atoms with Crippen LogP contribution < -0.4 is 19.5 Å². The van der Waals surface area contributed by atoms with Gasteiger partial charge >= 0.3 is 0 Å². The fourth-order valence-electron chi connectivity index (χ4n) is 3.67. The van der Waals surface area contributed by atoms with Gasteiger partial charge in [0.2, 0.25) is 11.7 Å². The van der Waals surface area contributed by atoms with Crippen LogP contribution >= 0.6 is 0 Å². The number of ether oxygens (including phenoxy) is 3. The van der Waals surface area contributed by atoms with Gasteiger partial charge in [-0.25, -0.2) is 0 Å². The van der Waals surface area contributed by atoms with Crippen molar-refractivity contribution < 1.29 is 19.0 Å². The summed E-state index contributed by atoms with van der Waals surface area (Å²) in [6.07, 6.45) is 10.9. The zero-order chi connectivity index (χ0) is 20.4. The lowest BCUT2D eigenvalue weighted by Crippen LogP contribution is -2.35. The Labute approximate surface area is 168 Å². The second-order valence-corrected chi connectivity index (χ2v) is 7.21. The van der Waals surface area contributed by atoms with Crippen LogP contribution in [-0.2, 0) is 4.79 Å². The molecule has 6 heteroatoms. The first-order valence-electron chi connectivity index (χ1n) is 10.0. The molecule has 0 unspecified atom stereocenters. The van der Waals surface area contributed by atoms with Gasteiger partial charge < -0.3 is 24.4 Å². The number of rotatable bonds is 10. The standard InChI is InChI=1S/C22H34N2O4/c1-24(18-9-6-5-7-10-18)14-8-13-23-21(25)12-11-17-15-19(26-2)22(28-4)20(16-17)27-3/h11-12,15-16,18H,5-10,13-14H2,1-4H3,(H,23,25)/b12-11+. The van der Waals surface area contributed by atoms with Gasteiger partial charge in [-0.05, 0) is 56.6 Å². The van der Waals surface area contributed by atoms with E-state index in [0.717, 1.165) is 18.5 Å². The van der Waals surface area contributed by atoms with E-state index in [-0.39, 0.29) is 5.91 Å². The minimum atomic E-state index is -0.103. The molecular weight excluding hydrogens is 356 g/mol. The van der Waals surface area contributed by atoms with Crippen LogP contribution in [-0.4, -0.2) is 58.3 Å². The molecule has 1 N–H and O–H groups in total. The van der Waals surface area contributed by atoms with Crippen molar-refractivity contribution in [1.29, 1.82) is 0 Å². The van der Waals surface area contributed by atoms with Crippen LogP contribution in [0.3, 0.4) is 0 Å². The normalized spacial score (nSPS) is 15.0. The van der Waals surface area contributed by atoms with Gasteiger partial charge in [0.15, 0.2) is 11.5 Å². The van der Waals surface area contributed by atoms with Gasteiger partial charge in [0.25, 0.3) is 0 Å². The Bertz CT molecular complexity index is 629. The SMILES string of the molecule is COc1cc(/C=C/C(=O)NCCCN(C)C2CCCCC2)cc(OC)c1OC. The van der Waals surface area contributed by atoms with Crippen molar-refractivity contribution in [2.45, 2.75) is 44.6 Å². The molecule has 0 radical (unpaired) electrons. The lowest BCUT2D eigenvalue weighted by Gasteiger charge is -2.31. The first kappa shape index (κ1) is 22.1. The molecule has 1 amide bonds. The Morgan fingerprint density at radius 3 is 2.32 bits per heavy atom. The van der Waals surface area contributed by atoms with Crippen molar-refractivity contribution in [3.05, 3.63) is 23.8 Å². The molecule has 2 rings (SSSR count). The van der Waals surface area contributed by atoms with Gasteiger partial charge in [-0.1, -0.05) is 19.3 Å². The number of hydrogen-bond acceptors (Lipinski definition) is 5. The molecule has 1 aliphatic rings. The summed E-state index contributed by atoms with van der Waals surface area (Å²) in [4.78, 5) is 14.5. The summed E-state index contributed by atoms with van der Waals surface area (Å²) in [5.41, 5.74) is 0.807. The van der Waals surface area contributed by atoms with E-state index in [9.17, 15) is 4.79 Å². The average molecular weight is 391 g/mol. The van der Waals surface area contributed by atoms with Crippen LogP contribution in [0.2, 0.25) is 0 Å². The smallest absolute Gasteiger partial charge is 0.243 e. The monoisotopic (exact) mass is 390 g/mol. The summed E-state index contributed by atoms with van der Waals surface area (Å²) in [6, 6.07) is 4.33. The molecule has 1 aromatic carbocycles. The molecular formula is C22H34N2O4. The van der Waals surface area contributed by atoms with Crippen LogP contribution in [0.5, 0.6) is 17.2 Å². The Hall–Kier alpha value is -2.21. The predicted molar refractivity (Wildman–Crippen MR) is 112 cm³/mol. The summed E-state index contributed by atoms with van der Waals surface area (Å²) in [6.45, 7) is 1.69. The van der Waals surface area contributed by atoms with Crippen molar-refractivity contribution in [2.75, 3.05) is 41.5 Å². The van der Waals surface area contributed by atoms with Crippen molar-refractivity contribution in [3.63, 3.8) is 0 Å². The van der Waals surface area contributed by atoms with Crippen LogP contribution in [0.25, 0.3) is 6.08 Å². The molecule has 6 nitrogen and oxygen atoms in total. The Morgan fingerprint density at radius 2 is 1.75 bits per heavy atom. The number of methoxy groups -OCH3 is 3. The molecule has 0 bridgehead atoms. The third kappa shape index (κ3) is 6.44. The number of hydrogen-bond donors (Lipinski definition) is 1. The number of benzene rings is 1. The molecule has 1 fully saturated rings. The Morgan fingerprint density at radius 1 is 1.11 bits per heavy atom. The van der Waals surface area contributed by atoms with Crippen LogP contribution in [0, 0.1) is 0 Å². The first-order valence-corrected chi connectivity index (χ1v) is 10.0. The summed E-state index contributed by atoms with van der Waals surface area (Å²) >= 11 is 0. The number of carbonyl (C=O) groups is 1. The van der Waals surface area contributed by atoms with Gasteiger partial charge in [0, 0.05) is 18.7 Å². The van der Waals surface area contributed by atoms with E-state index in [1.165, 1.54) is 38.2 Å². The highest BCUT2D eigenvalue weighted by Crippen LogP contribution is 2.38. The summed E-state index contributed by atoms with van der Waals surface area (Å²) in [7, 11) is 6.90. The van der Waals surface area contributed by atoms with E-state index >= 15 is 0 Å². The number of nitrogens with zero attached hydrogens (tertiary/aromatic N) is 1. The Balaban J connectivity index is 1.80. The fourth-order valence-corrected chi connectivity index (χ4v) is 3.67.